The molecule has 0 aromatic heterocycles. The zero-order valence-corrected chi connectivity index (χ0v) is 20.5. The van der Waals surface area contributed by atoms with Crippen molar-refractivity contribution in [3.8, 4) is 0 Å². The van der Waals surface area contributed by atoms with Crippen LogP contribution in [0.4, 0.5) is 16.2 Å². The molecule has 7 heteroatoms. The topological polar surface area (TPSA) is 62.3 Å². The zero-order chi connectivity index (χ0) is 23.4. The fourth-order valence-corrected chi connectivity index (χ4v) is 4.81. The molecule has 2 atom stereocenters. The number of fused-ring (bicyclic) bond motifs is 1. The zero-order valence-electron chi connectivity index (χ0n) is 20.5. The Morgan fingerprint density at radius 1 is 1.25 bits per heavy atom. The van der Waals surface area contributed by atoms with Crippen LogP contribution in [0.5, 0.6) is 0 Å². The minimum Gasteiger partial charge on any atom is -0.446 e. The number of nitrogens with zero attached hydrogens (tertiary/aromatic N) is 3. The Bertz CT molecular complexity index is 808. The molecule has 1 unspecified atom stereocenters. The minimum absolute atomic E-state index is 0.0177. The highest BCUT2D eigenvalue weighted by Crippen LogP contribution is 2.39. The van der Waals surface area contributed by atoms with Gasteiger partial charge in [0.05, 0.1) is 36.7 Å². The second-order valence-corrected chi connectivity index (χ2v) is 9.64. The average Bonchev–Trinajstić information content (AvgIpc) is 2.68. The predicted octanol–water partition coefficient (Wildman–Crippen LogP) is 4.25. The van der Waals surface area contributed by atoms with Crippen molar-refractivity contribution in [1.29, 1.82) is 0 Å². The predicted molar refractivity (Wildman–Crippen MR) is 127 cm³/mol. The second-order valence-electron chi connectivity index (χ2n) is 9.64. The van der Waals surface area contributed by atoms with Crippen LogP contribution in [0.1, 0.15) is 58.9 Å². The highest BCUT2D eigenvalue weighted by molar-refractivity contribution is 6.02. The Labute approximate surface area is 192 Å². The van der Waals surface area contributed by atoms with Gasteiger partial charge in [-0.3, -0.25) is 9.69 Å². The van der Waals surface area contributed by atoms with E-state index in [2.05, 4.69) is 31.0 Å². The smallest absolute Gasteiger partial charge is 0.414 e. The molecule has 3 rings (SSSR count). The van der Waals surface area contributed by atoms with Crippen molar-refractivity contribution in [2.24, 2.45) is 5.92 Å². The van der Waals surface area contributed by atoms with E-state index in [9.17, 15) is 9.59 Å². The van der Waals surface area contributed by atoms with Crippen molar-refractivity contribution in [2.75, 3.05) is 49.7 Å². The van der Waals surface area contributed by atoms with Crippen LogP contribution < -0.4 is 9.80 Å². The summed E-state index contributed by atoms with van der Waals surface area (Å²) in [5.41, 5.74) is 2.73. The molecule has 1 aromatic rings. The van der Waals surface area contributed by atoms with Gasteiger partial charge in [0.2, 0.25) is 5.91 Å². The van der Waals surface area contributed by atoms with E-state index in [0.29, 0.717) is 18.4 Å². The Morgan fingerprint density at radius 2 is 1.97 bits per heavy atom. The number of likely N-dealkylation sites (N-methyl/N-ethyl adjacent to an activating group) is 1. The third-order valence-corrected chi connectivity index (χ3v) is 6.25. The summed E-state index contributed by atoms with van der Waals surface area (Å²) in [5.74, 6) is 0.957. The maximum Gasteiger partial charge on any atom is 0.414 e. The monoisotopic (exact) mass is 445 g/mol. The summed E-state index contributed by atoms with van der Waals surface area (Å²) < 4.78 is 10.9. The lowest BCUT2D eigenvalue weighted by Crippen LogP contribution is -2.51. The number of carbonyl (C=O) groups excluding carboxylic acids is 2. The Hall–Kier alpha value is -2.12. The SMILES string of the molecule is CCCC(CN(C)CC1COC1)c1ccc2c(c1)N(C(=O)OC(C)C)C[C@H](C)N2C(C)=O. The van der Waals surface area contributed by atoms with Crippen LogP contribution in [-0.2, 0) is 14.3 Å². The maximum absolute atomic E-state index is 12.9. The van der Waals surface area contributed by atoms with Gasteiger partial charge in [-0.05, 0) is 57.9 Å². The molecule has 2 aliphatic rings. The first kappa shape index (κ1) is 24.5. The van der Waals surface area contributed by atoms with Crippen molar-refractivity contribution in [3.63, 3.8) is 0 Å². The molecule has 0 saturated carbocycles. The second kappa shape index (κ2) is 10.7. The highest BCUT2D eigenvalue weighted by Gasteiger charge is 2.35. The van der Waals surface area contributed by atoms with Crippen molar-refractivity contribution in [2.45, 2.75) is 65.5 Å². The van der Waals surface area contributed by atoms with E-state index in [1.165, 1.54) is 5.56 Å². The number of benzene rings is 1. The standard InChI is InChI=1S/C25H39N3O4/c1-7-8-22(14-26(6)13-20-15-31-16-20)21-9-10-23-24(11-21)27(25(30)32-17(2)3)12-18(4)28(23)19(5)29/h9-11,17-18,20,22H,7-8,12-16H2,1-6H3/t18-,22?/m0/s1. The first-order valence-electron chi connectivity index (χ1n) is 11.9. The first-order valence-corrected chi connectivity index (χ1v) is 11.9. The van der Waals surface area contributed by atoms with E-state index in [0.717, 1.165) is 50.5 Å². The number of rotatable bonds is 8. The van der Waals surface area contributed by atoms with Gasteiger partial charge in [0, 0.05) is 32.5 Å². The van der Waals surface area contributed by atoms with Crippen molar-refractivity contribution in [3.05, 3.63) is 23.8 Å². The van der Waals surface area contributed by atoms with E-state index in [4.69, 9.17) is 9.47 Å². The van der Waals surface area contributed by atoms with E-state index in [1.54, 1.807) is 16.7 Å². The van der Waals surface area contributed by atoms with Crippen LogP contribution in [0.25, 0.3) is 0 Å². The van der Waals surface area contributed by atoms with Gasteiger partial charge < -0.3 is 19.3 Å². The molecular weight excluding hydrogens is 406 g/mol. The largest absolute Gasteiger partial charge is 0.446 e. The van der Waals surface area contributed by atoms with Gasteiger partial charge in [-0.1, -0.05) is 19.4 Å². The number of carbonyl (C=O) groups is 2. The molecule has 7 nitrogen and oxygen atoms in total. The fraction of sp³-hybridized carbons (Fsp3) is 0.680. The van der Waals surface area contributed by atoms with Crippen LogP contribution in [-0.4, -0.2) is 68.9 Å². The molecule has 0 radical (unpaired) electrons. The molecule has 0 aliphatic carbocycles. The van der Waals surface area contributed by atoms with E-state index in [-0.39, 0.29) is 24.1 Å². The molecule has 2 heterocycles. The molecule has 0 bridgehead atoms. The molecule has 0 N–H and O–H groups in total. The van der Waals surface area contributed by atoms with Gasteiger partial charge in [0.25, 0.3) is 0 Å². The van der Waals surface area contributed by atoms with Crippen molar-refractivity contribution in [1.82, 2.24) is 4.90 Å². The fourth-order valence-electron chi connectivity index (χ4n) is 4.81. The van der Waals surface area contributed by atoms with Crippen LogP contribution in [0.2, 0.25) is 0 Å². The van der Waals surface area contributed by atoms with Crippen LogP contribution in [0, 0.1) is 5.92 Å². The first-order chi connectivity index (χ1) is 15.2. The van der Waals surface area contributed by atoms with E-state index < -0.39 is 0 Å². The quantitative estimate of drug-likeness (QED) is 0.598. The molecule has 0 spiro atoms. The number of hydrogen-bond acceptors (Lipinski definition) is 5. The summed E-state index contributed by atoms with van der Waals surface area (Å²) in [6.07, 6.45) is 1.58. The Balaban J connectivity index is 1.91. The van der Waals surface area contributed by atoms with E-state index >= 15 is 0 Å². The lowest BCUT2D eigenvalue weighted by atomic mass is 9.91. The summed E-state index contributed by atoms with van der Waals surface area (Å²) in [6, 6.07) is 6.10. The molecule has 178 valence electrons. The molecule has 2 amide bonds. The van der Waals surface area contributed by atoms with Gasteiger partial charge >= 0.3 is 6.09 Å². The molecule has 2 aliphatic heterocycles. The third kappa shape index (κ3) is 5.62. The average molecular weight is 446 g/mol. The molecule has 1 saturated heterocycles. The third-order valence-electron chi connectivity index (χ3n) is 6.25. The number of anilines is 2. The maximum atomic E-state index is 12.9. The number of hydrogen-bond donors (Lipinski definition) is 0. The normalized spacial score (nSPS) is 19.7. The van der Waals surface area contributed by atoms with Gasteiger partial charge in [-0.25, -0.2) is 4.79 Å². The Kier molecular flexibility index (Phi) is 8.17. The van der Waals surface area contributed by atoms with Crippen molar-refractivity contribution < 1.29 is 19.1 Å². The van der Waals surface area contributed by atoms with Gasteiger partial charge in [-0.15, -0.1) is 0 Å². The number of ether oxygens (including phenoxy) is 2. The molecule has 32 heavy (non-hydrogen) atoms. The summed E-state index contributed by atoms with van der Waals surface area (Å²) in [5, 5.41) is 0. The van der Waals surface area contributed by atoms with Crippen LogP contribution in [0.15, 0.2) is 18.2 Å². The summed E-state index contributed by atoms with van der Waals surface area (Å²) in [7, 11) is 2.17. The highest BCUT2D eigenvalue weighted by atomic mass is 16.6. The molecular formula is C25H39N3O4. The van der Waals surface area contributed by atoms with Crippen LogP contribution in [0.3, 0.4) is 0 Å². The minimum atomic E-state index is -0.359. The van der Waals surface area contributed by atoms with Crippen LogP contribution >= 0.6 is 0 Å². The molecule has 1 aromatic carbocycles. The summed E-state index contributed by atoms with van der Waals surface area (Å²) in [4.78, 5) is 31.2. The number of amides is 2. The van der Waals surface area contributed by atoms with Gasteiger partial charge in [-0.2, -0.15) is 0 Å². The molecule has 1 fully saturated rings. The van der Waals surface area contributed by atoms with E-state index in [1.807, 2.05) is 26.8 Å². The van der Waals surface area contributed by atoms with Gasteiger partial charge in [0.15, 0.2) is 0 Å². The summed E-state index contributed by atoms with van der Waals surface area (Å²) >= 11 is 0. The Morgan fingerprint density at radius 3 is 2.53 bits per heavy atom. The summed E-state index contributed by atoms with van der Waals surface area (Å²) in [6.45, 7) is 13.6. The van der Waals surface area contributed by atoms with Crippen molar-refractivity contribution >= 4 is 23.4 Å². The van der Waals surface area contributed by atoms with Gasteiger partial charge in [0.1, 0.15) is 0 Å². The lowest BCUT2D eigenvalue weighted by Gasteiger charge is -2.41. The lowest BCUT2D eigenvalue weighted by molar-refractivity contribution is -0.117.